The summed E-state index contributed by atoms with van der Waals surface area (Å²) in [4.78, 5) is 21.6. The minimum absolute atomic E-state index is 0.110. The molecule has 208 valence electrons. The van der Waals surface area contributed by atoms with Crippen molar-refractivity contribution >= 4 is 9.84 Å². The van der Waals surface area contributed by atoms with Gasteiger partial charge in [-0.2, -0.15) is 4.98 Å². The van der Waals surface area contributed by atoms with Crippen LogP contribution in [0.25, 0.3) is 11.1 Å². The first-order valence-corrected chi connectivity index (χ1v) is 14.7. The minimum atomic E-state index is -4.41. The van der Waals surface area contributed by atoms with Crippen molar-refractivity contribution in [3.05, 3.63) is 88.2 Å². The Morgan fingerprint density at radius 2 is 1.80 bits per heavy atom. The maximum Gasteiger partial charge on any atom is 0.277 e. The highest BCUT2D eigenvalue weighted by Crippen LogP contribution is 2.36. The highest BCUT2D eigenvalue weighted by molar-refractivity contribution is 7.91. The maximum absolute atomic E-state index is 14.1. The van der Waals surface area contributed by atoms with E-state index >= 15 is 0 Å². The van der Waals surface area contributed by atoms with E-state index in [9.17, 15) is 18.3 Å². The Hall–Kier alpha value is -4.18. The average Bonchev–Trinajstić information content (AvgIpc) is 3.42. The second-order valence-corrected chi connectivity index (χ2v) is 11.6. The van der Waals surface area contributed by atoms with Gasteiger partial charge in [0.1, 0.15) is 5.82 Å². The Morgan fingerprint density at radius 3 is 2.50 bits per heavy atom. The van der Waals surface area contributed by atoms with Crippen molar-refractivity contribution in [2.75, 3.05) is 6.79 Å². The molecule has 4 aromatic rings. The molecule has 0 amide bonds. The van der Waals surface area contributed by atoms with E-state index in [2.05, 4.69) is 9.97 Å². The van der Waals surface area contributed by atoms with E-state index in [1.54, 1.807) is 36.7 Å². The monoisotopic (exact) mass is 561 g/mol. The van der Waals surface area contributed by atoms with Gasteiger partial charge >= 0.3 is 0 Å². The van der Waals surface area contributed by atoms with Crippen LogP contribution >= 0.6 is 0 Å². The van der Waals surface area contributed by atoms with Crippen molar-refractivity contribution in [1.29, 1.82) is 0 Å². The molecule has 3 heterocycles. The summed E-state index contributed by atoms with van der Waals surface area (Å²) in [6.07, 6.45) is 5.83. The molecule has 2 aromatic heterocycles. The van der Waals surface area contributed by atoms with E-state index in [4.69, 9.17) is 9.47 Å². The van der Waals surface area contributed by atoms with Crippen LogP contribution in [0.4, 0.5) is 0 Å². The van der Waals surface area contributed by atoms with Crippen LogP contribution in [-0.2, 0) is 16.3 Å². The number of aromatic hydroxyl groups is 1. The largest absolute Gasteiger partial charge is 0.492 e. The van der Waals surface area contributed by atoms with E-state index in [1.807, 2.05) is 32.9 Å². The number of nitrogens with zero attached hydrogens (tertiary/aromatic N) is 3. The molecule has 0 bridgehead atoms. The number of sulfone groups is 1. The number of fused-ring (bicyclic) bond motifs is 1. The number of aromatic nitrogens is 3. The molecule has 0 saturated carbocycles. The summed E-state index contributed by atoms with van der Waals surface area (Å²) in [5.41, 5.74) is 2.61. The summed E-state index contributed by atoms with van der Waals surface area (Å²) in [5, 5.41) is 10.9. The van der Waals surface area contributed by atoms with Gasteiger partial charge in [-0.05, 0) is 72.4 Å². The molecular formula is C30H31N3O6S. The topological polar surface area (TPSA) is 121 Å². The Kier molecular flexibility index (Phi) is 7.62. The van der Waals surface area contributed by atoms with Crippen LogP contribution < -0.4 is 15.0 Å². The number of aryl methyl sites for hydroxylation is 2. The fourth-order valence-electron chi connectivity index (χ4n) is 5.03. The van der Waals surface area contributed by atoms with Gasteiger partial charge in [-0.15, -0.1) is 0 Å². The van der Waals surface area contributed by atoms with Crippen molar-refractivity contribution in [3.63, 3.8) is 0 Å². The van der Waals surface area contributed by atoms with Crippen molar-refractivity contribution in [2.45, 2.75) is 62.3 Å². The van der Waals surface area contributed by atoms with Crippen LogP contribution in [0.5, 0.6) is 17.4 Å². The number of pyridine rings is 1. The van der Waals surface area contributed by atoms with Gasteiger partial charge in [0.25, 0.3) is 5.56 Å². The number of hydrogen-bond donors (Lipinski definition) is 1. The first-order chi connectivity index (χ1) is 19.3. The maximum atomic E-state index is 14.1. The zero-order valence-corrected chi connectivity index (χ0v) is 23.4. The first-order valence-electron chi connectivity index (χ1n) is 13.3. The van der Waals surface area contributed by atoms with Gasteiger partial charge in [0.15, 0.2) is 16.4 Å². The highest BCUT2D eigenvalue weighted by atomic mass is 32.2. The molecule has 5 rings (SSSR count). The van der Waals surface area contributed by atoms with Gasteiger partial charge in [0, 0.05) is 18.8 Å². The summed E-state index contributed by atoms with van der Waals surface area (Å²) in [6.45, 7) is 5.95. The third-order valence-corrected chi connectivity index (χ3v) is 8.91. The van der Waals surface area contributed by atoms with Crippen LogP contribution in [-0.4, -0.2) is 34.9 Å². The van der Waals surface area contributed by atoms with E-state index in [-0.39, 0.29) is 11.7 Å². The standard InChI is InChI=1S/C30H31N3O6S/c1-4-6-7-27-32-29(34)28(30(35)33(27)24(5-2)21-10-13-25-26(16-21)39-18-38-25)40(36,37)22-11-8-20(9-12-22)23-14-15-31-17-19(23)3/h8-17,24,34H,4-7,18H2,1-3H3. The summed E-state index contributed by atoms with van der Waals surface area (Å²) in [5.74, 6) is 0.705. The van der Waals surface area contributed by atoms with Crippen LogP contribution in [0.15, 0.2) is 75.5 Å². The third kappa shape index (κ3) is 4.95. The average molecular weight is 562 g/mol. The van der Waals surface area contributed by atoms with Crippen LogP contribution in [0.2, 0.25) is 0 Å². The molecule has 1 unspecified atom stereocenters. The summed E-state index contributed by atoms with van der Waals surface area (Å²) < 4.78 is 40.0. The molecule has 1 N–H and O–H groups in total. The molecule has 0 saturated heterocycles. The molecule has 0 fully saturated rings. The van der Waals surface area contributed by atoms with Gasteiger partial charge < -0.3 is 14.6 Å². The molecule has 1 aliphatic rings. The van der Waals surface area contributed by atoms with Gasteiger partial charge in [-0.3, -0.25) is 14.3 Å². The molecule has 40 heavy (non-hydrogen) atoms. The third-order valence-electron chi connectivity index (χ3n) is 7.13. The lowest BCUT2D eigenvalue weighted by Crippen LogP contribution is -2.33. The first kappa shape index (κ1) is 27.4. The minimum Gasteiger partial charge on any atom is -0.492 e. The van der Waals surface area contributed by atoms with Gasteiger partial charge in [-0.25, -0.2) is 8.42 Å². The summed E-state index contributed by atoms with van der Waals surface area (Å²) in [7, 11) is -4.41. The lowest BCUT2D eigenvalue weighted by Gasteiger charge is -2.23. The summed E-state index contributed by atoms with van der Waals surface area (Å²) in [6, 6.07) is 12.9. The predicted molar refractivity (Wildman–Crippen MR) is 150 cm³/mol. The van der Waals surface area contributed by atoms with Gasteiger partial charge in [0.2, 0.25) is 22.5 Å². The zero-order valence-electron chi connectivity index (χ0n) is 22.6. The smallest absolute Gasteiger partial charge is 0.277 e. The Bertz CT molecular complexity index is 1710. The van der Waals surface area contributed by atoms with E-state index < -0.39 is 32.2 Å². The second kappa shape index (κ2) is 11.1. The van der Waals surface area contributed by atoms with Crippen LogP contribution in [0.1, 0.15) is 56.1 Å². The van der Waals surface area contributed by atoms with Crippen molar-refractivity contribution in [2.24, 2.45) is 0 Å². The SMILES string of the molecule is CCCCc1nc(O)c(S(=O)(=O)c2ccc(-c3ccncc3C)cc2)c(=O)n1C(CC)c1ccc2c(c1)OCO2. The van der Waals surface area contributed by atoms with Crippen molar-refractivity contribution < 1.29 is 23.0 Å². The Labute approximate surface area is 233 Å². The lowest BCUT2D eigenvalue weighted by atomic mass is 10.0. The normalized spacial score (nSPS) is 13.4. The number of rotatable bonds is 9. The van der Waals surface area contributed by atoms with Crippen molar-refractivity contribution in [3.8, 4) is 28.5 Å². The summed E-state index contributed by atoms with van der Waals surface area (Å²) >= 11 is 0. The fourth-order valence-corrected chi connectivity index (χ4v) is 6.38. The van der Waals surface area contributed by atoms with Crippen LogP contribution in [0.3, 0.4) is 0 Å². The molecular weight excluding hydrogens is 530 g/mol. The molecule has 1 atom stereocenters. The van der Waals surface area contributed by atoms with Gasteiger partial charge in [0.05, 0.1) is 10.9 Å². The van der Waals surface area contributed by atoms with E-state index in [1.165, 1.54) is 16.7 Å². The van der Waals surface area contributed by atoms with Gasteiger partial charge in [-0.1, -0.05) is 38.5 Å². The number of ether oxygens (including phenoxy) is 2. The molecule has 1 aliphatic heterocycles. The molecule has 10 heteroatoms. The molecule has 9 nitrogen and oxygen atoms in total. The highest BCUT2D eigenvalue weighted by Gasteiger charge is 2.32. The Balaban J connectivity index is 1.63. The van der Waals surface area contributed by atoms with E-state index in [0.29, 0.717) is 36.6 Å². The van der Waals surface area contributed by atoms with E-state index in [0.717, 1.165) is 28.7 Å². The Morgan fingerprint density at radius 1 is 1.05 bits per heavy atom. The zero-order chi connectivity index (χ0) is 28.4. The molecule has 0 aliphatic carbocycles. The number of hydrogen-bond acceptors (Lipinski definition) is 8. The molecule has 2 aromatic carbocycles. The lowest BCUT2D eigenvalue weighted by molar-refractivity contribution is 0.174. The quantitative estimate of drug-likeness (QED) is 0.295. The molecule has 0 radical (unpaired) electrons. The fraction of sp³-hybridized carbons (Fsp3) is 0.300. The number of benzene rings is 2. The molecule has 0 spiro atoms. The number of unbranched alkanes of at least 4 members (excludes halogenated alkanes) is 1. The predicted octanol–water partition coefficient (Wildman–Crippen LogP) is 5.22. The van der Waals surface area contributed by atoms with Crippen LogP contribution in [0, 0.1) is 6.92 Å². The second-order valence-electron chi connectivity index (χ2n) is 9.71. The van der Waals surface area contributed by atoms with Crippen molar-refractivity contribution in [1.82, 2.24) is 14.5 Å².